The molecule has 2 fully saturated rings. The smallest absolute Gasteiger partial charge is 0.0834 e. The van der Waals surface area contributed by atoms with E-state index >= 15 is 0 Å². The van der Waals surface area contributed by atoms with Crippen LogP contribution in [0, 0.1) is 17.8 Å². The number of hydrogen-bond donors (Lipinski definition) is 1. The van der Waals surface area contributed by atoms with E-state index in [9.17, 15) is 5.11 Å². The number of rotatable bonds is 4. The van der Waals surface area contributed by atoms with E-state index < -0.39 is 0 Å². The molecule has 12 heavy (non-hydrogen) atoms. The van der Waals surface area contributed by atoms with Gasteiger partial charge in [-0.15, -0.1) is 0 Å². The number of hydrogen-bond acceptors (Lipinski definition) is 2. The van der Waals surface area contributed by atoms with Crippen molar-refractivity contribution in [3.8, 4) is 0 Å². The third-order valence-electron chi connectivity index (χ3n) is 3.28. The van der Waals surface area contributed by atoms with Gasteiger partial charge in [0, 0.05) is 26.2 Å². The molecule has 3 nitrogen and oxygen atoms in total. The first-order valence-corrected chi connectivity index (χ1v) is 4.78. The predicted octanol–water partition coefficient (Wildman–Crippen LogP) is -0.0229. The highest BCUT2D eigenvalue weighted by atomic mass is 16.3. The van der Waals surface area contributed by atoms with Crippen LogP contribution in [0.25, 0.3) is 0 Å². The number of nitrogens with zero attached hydrogens (tertiary/aromatic N) is 1. The van der Waals surface area contributed by atoms with Gasteiger partial charge >= 0.3 is 0 Å². The lowest BCUT2D eigenvalue weighted by atomic mass is 10.2. The molecule has 0 aromatic rings. The summed E-state index contributed by atoms with van der Waals surface area (Å²) < 4.78 is 0. The van der Waals surface area contributed by atoms with Gasteiger partial charge in [0.25, 0.3) is 0 Å². The molecule has 1 saturated carbocycles. The maximum absolute atomic E-state index is 10.2. The van der Waals surface area contributed by atoms with Crippen molar-refractivity contribution in [2.75, 3.05) is 32.8 Å². The molecule has 3 heteroatoms. The van der Waals surface area contributed by atoms with Crippen molar-refractivity contribution >= 4 is 0 Å². The summed E-state index contributed by atoms with van der Waals surface area (Å²) in [6.45, 7) is 3.63. The molecule has 2 rings (SSSR count). The Morgan fingerprint density at radius 2 is 2.00 bits per heavy atom. The molecule has 1 saturated heterocycles. The standard InChI is InChI=1S/C9H16NO2/c11-3-1-2-10-4-7-8(5-10)9(7)6-12/h7-9,12H,1-6H2/t7-,8+,9+. The van der Waals surface area contributed by atoms with Crippen LogP contribution < -0.4 is 0 Å². The molecule has 1 heterocycles. The maximum atomic E-state index is 10.2. The highest BCUT2D eigenvalue weighted by molar-refractivity contribution is 5.04. The largest absolute Gasteiger partial charge is 0.396 e. The summed E-state index contributed by atoms with van der Waals surface area (Å²) in [5, 5.41) is 19.1. The number of aliphatic hydroxyl groups is 1. The molecule has 0 unspecified atom stereocenters. The van der Waals surface area contributed by atoms with Crippen molar-refractivity contribution in [1.29, 1.82) is 0 Å². The second-order valence-electron chi connectivity index (χ2n) is 3.99. The highest BCUT2D eigenvalue weighted by Gasteiger charge is 2.54. The van der Waals surface area contributed by atoms with Gasteiger partial charge in [-0.05, 0) is 24.2 Å². The molecule has 2 aliphatic rings. The van der Waals surface area contributed by atoms with Gasteiger partial charge in [-0.1, -0.05) is 0 Å². The Balaban J connectivity index is 1.68. The van der Waals surface area contributed by atoms with Crippen molar-refractivity contribution < 1.29 is 10.2 Å². The Bertz CT molecular complexity index is 151. The van der Waals surface area contributed by atoms with Crippen LogP contribution in [-0.2, 0) is 5.11 Å². The molecular formula is C9H16NO2. The van der Waals surface area contributed by atoms with Crippen LogP contribution in [-0.4, -0.2) is 42.9 Å². The molecule has 1 aliphatic heterocycles. The molecule has 3 atom stereocenters. The monoisotopic (exact) mass is 170 g/mol. The zero-order chi connectivity index (χ0) is 8.55. The van der Waals surface area contributed by atoms with Crippen molar-refractivity contribution in [3.63, 3.8) is 0 Å². The van der Waals surface area contributed by atoms with E-state index in [1.807, 2.05) is 0 Å². The zero-order valence-corrected chi connectivity index (χ0v) is 7.28. The summed E-state index contributed by atoms with van der Waals surface area (Å²) in [5.74, 6) is 2.09. The van der Waals surface area contributed by atoms with Crippen molar-refractivity contribution in [2.24, 2.45) is 17.8 Å². The Labute approximate surface area is 73.0 Å². The minimum atomic E-state index is 0.0509. The van der Waals surface area contributed by atoms with E-state index in [-0.39, 0.29) is 6.61 Å². The maximum Gasteiger partial charge on any atom is 0.0834 e. The van der Waals surface area contributed by atoms with E-state index in [1.54, 1.807) is 0 Å². The predicted molar refractivity (Wildman–Crippen MR) is 44.2 cm³/mol. The van der Waals surface area contributed by atoms with E-state index in [1.165, 1.54) is 0 Å². The lowest BCUT2D eigenvalue weighted by Gasteiger charge is -2.17. The topological polar surface area (TPSA) is 43.4 Å². The van der Waals surface area contributed by atoms with Gasteiger partial charge < -0.3 is 10.0 Å². The molecule has 0 aromatic heterocycles. The van der Waals surface area contributed by atoms with Crippen LogP contribution in [0.4, 0.5) is 0 Å². The Kier molecular flexibility index (Phi) is 2.35. The number of likely N-dealkylation sites (tertiary alicyclic amines) is 1. The van der Waals surface area contributed by atoms with Crippen LogP contribution in [0.3, 0.4) is 0 Å². The number of piperidine rings is 1. The minimum absolute atomic E-state index is 0.0509. The summed E-state index contributed by atoms with van der Waals surface area (Å²) in [4.78, 5) is 2.36. The van der Waals surface area contributed by atoms with Gasteiger partial charge in [-0.3, -0.25) is 0 Å². The normalized spacial score (nSPS) is 40.0. The molecule has 0 spiro atoms. The van der Waals surface area contributed by atoms with Gasteiger partial charge in [0.1, 0.15) is 0 Å². The third-order valence-corrected chi connectivity index (χ3v) is 3.28. The van der Waals surface area contributed by atoms with E-state index in [0.717, 1.165) is 37.9 Å². The van der Waals surface area contributed by atoms with Gasteiger partial charge in [-0.25, -0.2) is 5.11 Å². The average Bonchev–Trinajstić information content (AvgIpc) is 2.56. The molecule has 1 radical (unpaired) electrons. The quantitative estimate of drug-likeness (QED) is 0.644. The van der Waals surface area contributed by atoms with Gasteiger partial charge in [0.15, 0.2) is 0 Å². The van der Waals surface area contributed by atoms with E-state index in [4.69, 9.17) is 5.11 Å². The number of fused-ring (bicyclic) bond motifs is 1. The first-order valence-electron chi connectivity index (χ1n) is 4.78. The fourth-order valence-electron chi connectivity index (χ4n) is 2.48. The van der Waals surface area contributed by atoms with Gasteiger partial charge in [0.2, 0.25) is 0 Å². The molecule has 0 amide bonds. The van der Waals surface area contributed by atoms with Crippen LogP contribution in [0.2, 0.25) is 0 Å². The lowest BCUT2D eigenvalue weighted by molar-refractivity contribution is 0.163. The summed E-state index contributed by atoms with van der Waals surface area (Å²) in [5.41, 5.74) is 0. The molecule has 0 aromatic carbocycles. The fraction of sp³-hybridized carbons (Fsp3) is 1.00. The van der Waals surface area contributed by atoms with Crippen LogP contribution in [0.5, 0.6) is 0 Å². The Hall–Kier alpha value is -0.120. The summed E-state index contributed by atoms with van der Waals surface area (Å²) in [7, 11) is 0. The van der Waals surface area contributed by atoms with Crippen LogP contribution in [0.1, 0.15) is 6.42 Å². The zero-order valence-electron chi connectivity index (χ0n) is 7.28. The first kappa shape index (κ1) is 8.48. The number of aliphatic hydroxyl groups excluding tert-OH is 1. The average molecular weight is 170 g/mol. The third kappa shape index (κ3) is 1.37. The minimum Gasteiger partial charge on any atom is -0.396 e. The second kappa shape index (κ2) is 3.32. The summed E-state index contributed by atoms with van der Waals surface area (Å²) in [6, 6.07) is 0. The van der Waals surface area contributed by atoms with Gasteiger partial charge in [-0.2, -0.15) is 0 Å². The van der Waals surface area contributed by atoms with Crippen molar-refractivity contribution in [3.05, 3.63) is 0 Å². The highest BCUT2D eigenvalue weighted by Crippen LogP contribution is 2.51. The fourth-order valence-corrected chi connectivity index (χ4v) is 2.48. The molecule has 0 bridgehead atoms. The van der Waals surface area contributed by atoms with Crippen LogP contribution >= 0.6 is 0 Å². The Morgan fingerprint density at radius 3 is 2.50 bits per heavy atom. The molecule has 1 N–H and O–H groups in total. The lowest BCUT2D eigenvalue weighted by Crippen LogP contribution is -2.26. The van der Waals surface area contributed by atoms with E-state index in [0.29, 0.717) is 12.5 Å². The summed E-state index contributed by atoms with van der Waals surface area (Å²) in [6.07, 6.45) is 0.781. The van der Waals surface area contributed by atoms with Crippen molar-refractivity contribution in [2.45, 2.75) is 6.42 Å². The Morgan fingerprint density at radius 1 is 1.33 bits per heavy atom. The summed E-state index contributed by atoms with van der Waals surface area (Å²) >= 11 is 0. The van der Waals surface area contributed by atoms with Crippen LogP contribution in [0.15, 0.2) is 0 Å². The molecule has 69 valence electrons. The molecular weight excluding hydrogens is 154 g/mol. The molecule has 1 aliphatic carbocycles. The second-order valence-corrected chi connectivity index (χ2v) is 3.99. The van der Waals surface area contributed by atoms with E-state index in [2.05, 4.69) is 4.90 Å². The SMILES string of the molecule is [O]CCCN1C[C@@H]2[C@@H](CO)[C@@H]2C1. The first-order chi connectivity index (χ1) is 5.86. The van der Waals surface area contributed by atoms with Crippen molar-refractivity contribution in [1.82, 2.24) is 4.90 Å². The van der Waals surface area contributed by atoms with Gasteiger partial charge in [0.05, 0.1) is 6.61 Å².